The van der Waals surface area contributed by atoms with E-state index in [2.05, 4.69) is 10.2 Å². The van der Waals surface area contributed by atoms with Gasteiger partial charge in [0.15, 0.2) is 0 Å². The maximum atomic E-state index is 13.6. The van der Waals surface area contributed by atoms with E-state index >= 15 is 0 Å². The average molecular weight is 445 g/mol. The molecule has 0 heterocycles. The number of hydrogen-bond donors (Lipinski definition) is 2. The molecule has 0 aliphatic carbocycles. The molecule has 0 unspecified atom stereocenters. The fraction of sp³-hybridized carbons (Fsp3) is 0.250. The fourth-order valence-corrected chi connectivity index (χ4v) is 3.69. The van der Waals surface area contributed by atoms with Gasteiger partial charge >= 0.3 is 0 Å². The van der Waals surface area contributed by atoms with Crippen LogP contribution in [0.5, 0.6) is 11.5 Å². The quantitative estimate of drug-likeness (QED) is 0.333. The summed E-state index contributed by atoms with van der Waals surface area (Å²) in [7, 11) is 4.01. The van der Waals surface area contributed by atoms with Crippen LogP contribution in [0.2, 0.25) is 0 Å². The number of likely N-dealkylation sites (N-methyl/N-ethyl adjacent to an activating group) is 1. The Morgan fingerprint density at radius 2 is 1.70 bits per heavy atom. The van der Waals surface area contributed by atoms with Crippen molar-refractivity contribution in [3.05, 3.63) is 89.5 Å². The number of allylic oxidation sites excluding steroid dienone is 1. The highest BCUT2D eigenvalue weighted by Gasteiger charge is 2.20. The largest absolute Gasteiger partial charge is 0.508 e. The van der Waals surface area contributed by atoms with Gasteiger partial charge in [-0.05, 0) is 86.1 Å². The molecule has 2 N–H and O–H groups in total. The SMILES string of the molecule is CC/C(=C(\C(=O)Nc1ccc(OCCN(C)C)cc1)c1ccc(O)cc1C)c1ccccc1. The van der Waals surface area contributed by atoms with Gasteiger partial charge in [-0.1, -0.05) is 43.3 Å². The summed E-state index contributed by atoms with van der Waals surface area (Å²) in [5.41, 5.74) is 4.89. The van der Waals surface area contributed by atoms with E-state index in [-0.39, 0.29) is 11.7 Å². The summed E-state index contributed by atoms with van der Waals surface area (Å²) in [6.45, 7) is 5.38. The molecule has 0 aromatic heterocycles. The van der Waals surface area contributed by atoms with Gasteiger partial charge in [-0.3, -0.25) is 4.79 Å². The number of nitrogens with one attached hydrogen (secondary N) is 1. The normalized spacial score (nSPS) is 11.8. The number of carbonyl (C=O) groups is 1. The van der Waals surface area contributed by atoms with Gasteiger partial charge in [-0.2, -0.15) is 0 Å². The van der Waals surface area contributed by atoms with Crippen LogP contribution < -0.4 is 10.1 Å². The first-order chi connectivity index (χ1) is 15.9. The summed E-state index contributed by atoms with van der Waals surface area (Å²) >= 11 is 0. The molecule has 0 bridgehead atoms. The van der Waals surface area contributed by atoms with Gasteiger partial charge in [0, 0.05) is 12.2 Å². The first kappa shape index (κ1) is 24.1. The third-order valence-electron chi connectivity index (χ3n) is 5.40. The third kappa shape index (κ3) is 6.46. The average Bonchev–Trinajstić information content (AvgIpc) is 2.79. The van der Waals surface area contributed by atoms with E-state index in [9.17, 15) is 9.90 Å². The van der Waals surface area contributed by atoms with E-state index in [4.69, 9.17) is 4.74 Å². The van der Waals surface area contributed by atoms with Gasteiger partial charge in [0.2, 0.25) is 0 Å². The van der Waals surface area contributed by atoms with Crippen LogP contribution in [-0.4, -0.2) is 43.2 Å². The molecule has 0 aliphatic rings. The van der Waals surface area contributed by atoms with Crippen LogP contribution in [0.15, 0.2) is 72.8 Å². The Hall–Kier alpha value is -3.57. The number of aryl methyl sites for hydroxylation is 1. The van der Waals surface area contributed by atoms with Gasteiger partial charge in [-0.25, -0.2) is 0 Å². The number of phenols is 1. The van der Waals surface area contributed by atoms with Crippen molar-refractivity contribution in [2.24, 2.45) is 0 Å². The fourth-order valence-electron chi connectivity index (χ4n) is 3.69. The standard InChI is InChI=1S/C28H32N2O3/c1-5-25(21-9-7-6-8-10-21)27(26-16-13-23(31)19-20(26)2)28(32)29-22-11-14-24(15-12-22)33-18-17-30(3)4/h6-16,19,31H,5,17-18H2,1-4H3,(H,29,32)/b27-25+. The van der Waals surface area contributed by atoms with Gasteiger partial charge < -0.3 is 20.1 Å². The number of anilines is 1. The molecule has 5 heteroatoms. The number of rotatable bonds is 9. The molecule has 1 amide bonds. The van der Waals surface area contributed by atoms with Crippen LogP contribution in [0.4, 0.5) is 5.69 Å². The van der Waals surface area contributed by atoms with E-state index in [0.717, 1.165) is 34.6 Å². The lowest BCUT2D eigenvalue weighted by molar-refractivity contribution is -0.111. The second-order valence-electron chi connectivity index (χ2n) is 8.20. The summed E-state index contributed by atoms with van der Waals surface area (Å²) in [5, 5.41) is 12.9. The van der Waals surface area contributed by atoms with Crippen LogP contribution in [0.1, 0.15) is 30.0 Å². The Morgan fingerprint density at radius 1 is 1.00 bits per heavy atom. The molecule has 0 radical (unpaired) electrons. The van der Waals surface area contributed by atoms with Crippen molar-refractivity contribution >= 4 is 22.7 Å². The predicted octanol–water partition coefficient (Wildman–Crippen LogP) is 5.60. The summed E-state index contributed by atoms with van der Waals surface area (Å²) in [5.74, 6) is 0.753. The van der Waals surface area contributed by atoms with Crippen LogP contribution in [0.25, 0.3) is 11.1 Å². The molecule has 3 aromatic rings. The lowest BCUT2D eigenvalue weighted by atomic mass is 9.90. The molecule has 0 fully saturated rings. The smallest absolute Gasteiger partial charge is 0.256 e. The molecule has 0 saturated heterocycles. The summed E-state index contributed by atoms with van der Waals surface area (Å²) in [6, 6.07) is 22.5. The number of nitrogens with zero attached hydrogens (tertiary/aromatic N) is 1. The number of aromatic hydroxyl groups is 1. The summed E-state index contributed by atoms with van der Waals surface area (Å²) < 4.78 is 5.75. The zero-order chi connectivity index (χ0) is 23.8. The predicted molar refractivity (Wildman–Crippen MR) is 136 cm³/mol. The summed E-state index contributed by atoms with van der Waals surface area (Å²) in [6.07, 6.45) is 0.686. The van der Waals surface area contributed by atoms with Crippen LogP contribution in [-0.2, 0) is 4.79 Å². The van der Waals surface area contributed by atoms with Crippen molar-refractivity contribution in [3.63, 3.8) is 0 Å². The highest BCUT2D eigenvalue weighted by atomic mass is 16.5. The van der Waals surface area contributed by atoms with E-state index in [1.54, 1.807) is 18.2 Å². The van der Waals surface area contributed by atoms with E-state index in [1.807, 2.05) is 82.5 Å². The molecule has 33 heavy (non-hydrogen) atoms. The minimum atomic E-state index is -0.189. The van der Waals surface area contributed by atoms with Gasteiger partial charge in [0.05, 0.1) is 5.57 Å². The first-order valence-electron chi connectivity index (χ1n) is 11.2. The van der Waals surface area contributed by atoms with Gasteiger partial charge in [0.25, 0.3) is 5.91 Å². The van der Waals surface area contributed by atoms with Gasteiger partial charge in [0.1, 0.15) is 18.1 Å². The zero-order valence-electron chi connectivity index (χ0n) is 19.8. The van der Waals surface area contributed by atoms with E-state index in [1.165, 1.54) is 0 Å². The topological polar surface area (TPSA) is 61.8 Å². The Morgan fingerprint density at radius 3 is 2.30 bits per heavy atom. The van der Waals surface area contributed by atoms with E-state index < -0.39 is 0 Å². The van der Waals surface area contributed by atoms with Gasteiger partial charge in [-0.15, -0.1) is 0 Å². The number of hydrogen-bond acceptors (Lipinski definition) is 4. The number of amides is 1. The zero-order valence-corrected chi connectivity index (χ0v) is 19.8. The molecule has 0 atom stereocenters. The lowest BCUT2D eigenvalue weighted by Crippen LogP contribution is -2.19. The molecular formula is C28H32N2O3. The molecule has 5 nitrogen and oxygen atoms in total. The second-order valence-corrected chi connectivity index (χ2v) is 8.20. The molecule has 172 valence electrons. The van der Waals surface area contributed by atoms with Crippen molar-refractivity contribution in [3.8, 4) is 11.5 Å². The molecule has 3 rings (SSSR count). The summed E-state index contributed by atoms with van der Waals surface area (Å²) in [4.78, 5) is 15.6. The van der Waals surface area contributed by atoms with Crippen molar-refractivity contribution < 1.29 is 14.6 Å². The van der Waals surface area contributed by atoms with E-state index in [0.29, 0.717) is 24.3 Å². The van der Waals surface area contributed by atoms with Crippen LogP contribution in [0, 0.1) is 6.92 Å². The maximum Gasteiger partial charge on any atom is 0.256 e. The van der Waals surface area contributed by atoms with Crippen LogP contribution in [0.3, 0.4) is 0 Å². The second kappa shape index (κ2) is 11.3. The molecule has 0 aliphatic heterocycles. The van der Waals surface area contributed by atoms with Crippen LogP contribution >= 0.6 is 0 Å². The highest BCUT2D eigenvalue weighted by Crippen LogP contribution is 2.33. The van der Waals surface area contributed by atoms with Crippen molar-refractivity contribution in [1.29, 1.82) is 0 Å². The minimum absolute atomic E-state index is 0.179. The molecular weight excluding hydrogens is 412 g/mol. The minimum Gasteiger partial charge on any atom is -0.508 e. The Bertz CT molecular complexity index is 1100. The van der Waals surface area contributed by atoms with Crippen molar-refractivity contribution in [2.75, 3.05) is 32.6 Å². The number of phenolic OH excluding ortho intramolecular Hbond substituents is 1. The van der Waals surface area contributed by atoms with Crippen molar-refractivity contribution in [2.45, 2.75) is 20.3 Å². The molecule has 0 spiro atoms. The lowest BCUT2D eigenvalue weighted by Gasteiger charge is -2.18. The van der Waals surface area contributed by atoms with Crippen molar-refractivity contribution in [1.82, 2.24) is 4.90 Å². The molecule has 3 aromatic carbocycles. The number of ether oxygens (including phenoxy) is 1. The monoisotopic (exact) mass is 444 g/mol. The maximum absolute atomic E-state index is 13.6. The molecule has 0 saturated carbocycles. The first-order valence-corrected chi connectivity index (χ1v) is 11.2. The Kier molecular flexibility index (Phi) is 8.28. The number of carbonyl (C=O) groups excluding carboxylic acids is 1. The Labute approximate surface area is 196 Å². The highest BCUT2D eigenvalue weighted by molar-refractivity contribution is 6.31. The Balaban J connectivity index is 1.93. The third-order valence-corrected chi connectivity index (χ3v) is 5.40. The number of benzene rings is 3.